The van der Waals surface area contributed by atoms with Gasteiger partial charge in [-0.15, -0.1) is 12.4 Å². The minimum absolute atomic E-state index is 0. The first-order valence-electron chi connectivity index (χ1n) is 6.42. The molecule has 6 nitrogen and oxygen atoms in total. The first kappa shape index (κ1) is 19.2. The molecule has 0 fully saturated rings. The van der Waals surface area contributed by atoms with E-state index in [1.807, 2.05) is 13.8 Å². The van der Waals surface area contributed by atoms with Crippen molar-refractivity contribution in [1.82, 2.24) is 5.32 Å². The lowest BCUT2D eigenvalue weighted by molar-refractivity contribution is -0.125. The fourth-order valence-electron chi connectivity index (χ4n) is 1.53. The molecule has 21 heavy (non-hydrogen) atoms. The molecule has 1 atom stereocenters. The number of para-hydroxylation sites is 2. The average molecular weight is 316 g/mol. The van der Waals surface area contributed by atoms with Crippen molar-refractivity contribution < 1.29 is 14.3 Å². The Balaban J connectivity index is 0.00000400. The number of carbonyl (C=O) groups is 2. The van der Waals surface area contributed by atoms with E-state index >= 15 is 0 Å². The number of hydrogen-bond donors (Lipinski definition) is 3. The molecule has 0 spiro atoms. The lowest BCUT2D eigenvalue weighted by Crippen LogP contribution is -2.46. The molecule has 0 aliphatic rings. The van der Waals surface area contributed by atoms with E-state index in [0.717, 1.165) is 0 Å². The van der Waals surface area contributed by atoms with Crippen molar-refractivity contribution >= 4 is 29.9 Å². The second kappa shape index (κ2) is 9.20. The Labute approximate surface area is 130 Å². The van der Waals surface area contributed by atoms with Gasteiger partial charge in [-0.25, -0.2) is 0 Å². The van der Waals surface area contributed by atoms with Crippen molar-refractivity contribution in [2.75, 3.05) is 19.0 Å². The van der Waals surface area contributed by atoms with Crippen LogP contribution in [0.5, 0.6) is 5.75 Å². The van der Waals surface area contributed by atoms with Crippen molar-refractivity contribution in [3.63, 3.8) is 0 Å². The summed E-state index contributed by atoms with van der Waals surface area (Å²) in [7, 11) is 1.52. The van der Waals surface area contributed by atoms with Gasteiger partial charge in [-0.05, 0) is 18.1 Å². The molecule has 0 unspecified atom stereocenters. The lowest BCUT2D eigenvalue weighted by atomic mass is 10.1. The molecule has 2 amide bonds. The smallest absolute Gasteiger partial charge is 0.243 e. The summed E-state index contributed by atoms with van der Waals surface area (Å²) >= 11 is 0. The Hall–Kier alpha value is -1.79. The number of nitrogens with two attached hydrogens (primary N) is 1. The predicted octanol–water partition coefficient (Wildman–Crippen LogP) is 1.15. The van der Waals surface area contributed by atoms with Crippen LogP contribution in [-0.4, -0.2) is 31.5 Å². The molecule has 0 radical (unpaired) electrons. The van der Waals surface area contributed by atoms with Gasteiger partial charge in [0.1, 0.15) is 5.75 Å². The summed E-state index contributed by atoms with van der Waals surface area (Å²) in [4.78, 5) is 23.4. The Bertz CT molecular complexity index is 480. The number of halogens is 1. The maximum Gasteiger partial charge on any atom is 0.243 e. The third kappa shape index (κ3) is 6.01. The second-order valence-electron chi connectivity index (χ2n) is 4.74. The van der Waals surface area contributed by atoms with Gasteiger partial charge < -0.3 is 21.1 Å². The SMILES string of the molecule is COc1ccccc1NC(=O)CNC(=O)[C@@H](N)C(C)C.Cl. The van der Waals surface area contributed by atoms with Crippen molar-refractivity contribution in [3.05, 3.63) is 24.3 Å². The van der Waals surface area contributed by atoms with Crippen LogP contribution in [0.25, 0.3) is 0 Å². The number of carbonyl (C=O) groups excluding carboxylic acids is 2. The zero-order valence-electron chi connectivity index (χ0n) is 12.4. The molecule has 1 rings (SSSR count). The van der Waals surface area contributed by atoms with E-state index in [9.17, 15) is 9.59 Å². The normalized spacial score (nSPS) is 11.3. The number of ether oxygens (including phenoxy) is 1. The van der Waals surface area contributed by atoms with E-state index in [4.69, 9.17) is 10.5 Å². The molecule has 0 heterocycles. The Morgan fingerprint density at radius 3 is 2.48 bits per heavy atom. The van der Waals surface area contributed by atoms with Gasteiger partial charge in [-0.1, -0.05) is 26.0 Å². The minimum atomic E-state index is -0.617. The Morgan fingerprint density at radius 2 is 1.90 bits per heavy atom. The van der Waals surface area contributed by atoms with Crippen molar-refractivity contribution in [2.24, 2.45) is 11.7 Å². The van der Waals surface area contributed by atoms with Crippen LogP contribution in [0.3, 0.4) is 0 Å². The van der Waals surface area contributed by atoms with Crippen LogP contribution in [-0.2, 0) is 9.59 Å². The van der Waals surface area contributed by atoms with Gasteiger partial charge in [0.15, 0.2) is 0 Å². The van der Waals surface area contributed by atoms with E-state index in [0.29, 0.717) is 11.4 Å². The predicted molar refractivity (Wildman–Crippen MR) is 84.7 cm³/mol. The highest BCUT2D eigenvalue weighted by Gasteiger charge is 2.17. The van der Waals surface area contributed by atoms with Crippen LogP contribution in [0.2, 0.25) is 0 Å². The average Bonchev–Trinajstić information content (AvgIpc) is 2.44. The van der Waals surface area contributed by atoms with Gasteiger partial charge >= 0.3 is 0 Å². The lowest BCUT2D eigenvalue weighted by Gasteiger charge is -2.15. The maximum atomic E-state index is 11.8. The maximum absolute atomic E-state index is 11.8. The highest BCUT2D eigenvalue weighted by atomic mass is 35.5. The second-order valence-corrected chi connectivity index (χ2v) is 4.74. The van der Waals surface area contributed by atoms with Crippen molar-refractivity contribution in [2.45, 2.75) is 19.9 Å². The summed E-state index contributed by atoms with van der Waals surface area (Å²) in [6.07, 6.45) is 0. The summed E-state index contributed by atoms with van der Waals surface area (Å²) < 4.78 is 5.12. The number of anilines is 1. The first-order valence-corrected chi connectivity index (χ1v) is 6.42. The molecule has 0 saturated carbocycles. The van der Waals surface area contributed by atoms with Crippen molar-refractivity contribution in [3.8, 4) is 5.75 Å². The van der Waals surface area contributed by atoms with Gasteiger partial charge in [0.2, 0.25) is 11.8 Å². The molecule has 118 valence electrons. The summed E-state index contributed by atoms with van der Waals surface area (Å²) in [5.74, 6) is -0.0904. The molecule has 0 aliphatic heterocycles. The monoisotopic (exact) mass is 315 g/mol. The fourth-order valence-corrected chi connectivity index (χ4v) is 1.53. The molecule has 0 bridgehead atoms. The van der Waals surface area contributed by atoms with Crippen LogP contribution in [0.15, 0.2) is 24.3 Å². The Kier molecular flexibility index (Phi) is 8.42. The quantitative estimate of drug-likeness (QED) is 0.734. The topological polar surface area (TPSA) is 93.5 Å². The van der Waals surface area contributed by atoms with E-state index in [1.54, 1.807) is 24.3 Å². The summed E-state index contributed by atoms with van der Waals surface area (Å²) in [6, 6.07) is 6.43. The highest BCUT2D eigenvalue weighted by Crippen LogP contribution is 2.22. The summed E-state index contributed by atoms with van der Waals surface area (Å²) in [5, 5.41) is 5.17. The highest BCUT2D eigenvalue weighted by molar-refractivity contribution is 5.96. The van der Waals surface area contributed by atoms with Crippen LogP contribution in [0.1, 0.15) is 13.8 Å². The van der Waals surface area contributed by atoms with E-state index in [-0.39, 0.29) is 36.7 Å². The van der Waals surface area contributed by atoms with Crippen LogP contribution >= 0.6 is 12.4 Å². The molecule has 0 aliphatic carbocycles. The minimum Gasteiger partial charge on any atom is -0.495 e. The molecule has 0 saturated heterocycles. The molecular weight excluding hydrogens is 294 g/mol. The summed E-state index contributed by atoms with van der Waals surface area (Å²) in [5.41, 5.74) is 6.24. The number of hydrogen-bond acceptors (Lipinski definition) is 4. The number of amides is 2. The van der Waals surface area contributed by atoms with Gasteiger partial charge in [-0.2, -0.15) is 0 Å². The van der Waals surface area contributed by atoms with Crippen LogP contribution in [0.4, 0.5) is 5.69 Å². The molecule has 7 heteroatoms. The standard InChI is InChI=1S/C14H21N3O3.ClH/c1-9(2)13(15)14(19)16-8-12(18)17-10-6-4-5-7-11(10)20-3;/h4-7,9,13H,8,15H2,1-3H3,(H,16,19)(H,17,18);1H/t13-;/m0./s1. The van der Waals surface area contributed by atoms with E-state index < -0.39 is 6.04 Å². The largest absolute Gasteiger partial charge is 0.495 e. The molecule has 1 aromatic rings. The van der Waals surface area contributed by atoms with Crippen molar-refractivity contribution in [1.29, 1.82) is 0 Å². The molecule has 0 aromatic heterocycles. The number of methoxy groups -OCH3 is 1. The van der Waals surface area contributed by atoms with Crippen LogP contribution < -0.4 is 21.1 Å². The third-order valence-electron chi connectivity index (χ3n) is 2.83. The van der Waals surface area contributed by atoms with E-state index in [2.05, 4.69) is 10.6 Å². The number of rotatable bonds is 6. The van der Waals surface area contributed by atoms with Crippen LogP contribution in [0, 0.1) is 5.92 Å². The fraction of sp³-hybridized carbons (Fsp3) is 0.429. The zero-order valence-corrected chi connectivity index (χ0v) is 13.2. The van der Waals surface area contributed by atoms with Gasteiger partial charge in [-0.3, -0.25) is 9.59 Å². The zero-order chi connectivity index (χ0) is 15.1. The molecular formula is C14H22ClN3O3. The van der Waals surface area contributed by atoms with E-state index in [1.165, 1.54) is 7.11 Å². The third-order valence-corrected chi connectivity index (χ3v) is 2.83. The molecule has 4 N–H and O–H groups in total. The summed E-state index contributed by atoms with van der Waals surface area (Å²) in [6.45, 7) is 3.57. The number of benzene rings is 1. The Morgan fingerprint density at radius 1 is 1.29 bits per heavy atom. The van der Waals surface area contributed by atoms with Gasteiger partial charge in [0, 0.05) is 0 Å². The molecule has 1 aromatic carbocycles. The van der Waals surface area contributed by atoms with Gasteiger partial charge in [0.25, 0.3) is 0 Å². The van der Waals surface area contributed by atoms with Gasteiger partial charge in [0.05, 0.1) is 25.4 Å². The number of nitrogens with one attached hydrogen (secondary N) is 2. The first-order chi connectivity index (χ1) is 9.45.